The molecule has 6 nitrogen and oxygen atoms in total. The Balaban J connectivity index is 2.27. The number of amides is 1. The molecule has 1 aromatic carbocycles. The predicted molar refractivity (Wildman–Crippen MR) is 98.5 cm³/mol. The van der Waals surface area contributed by atoms with E-state index in [9.17, 15) is 4.79 Å². The lowest BCUT2D eigenvalue weighted by Crippen LogP contribution is -2.44. The minimum Gasteiger partial charge on any atom is -0.489 e. The topological polar surface area (TPSA) is 74.8 Å². The van der Waals surface area contributed by atoms with Crippen molar-refractivity contribution in [3.05, 3.63) is 29.8 Å². The highest BCUT2D eigenvalue weighted by atomic mass is 16.5. The first-order chi connectivity index (χ1) is 11.4. The SMILES string of the molecule is CN=C(NCCNC(=O)C(C)C)NCC(C)Oc1cccc(C)c1. The average molecular weight is 334 g/mol. The van der Waals surface area contributed by atoms with Gasteiger partial charge in [0.1, 0.15) is 11.9 Å². The minimum atomic E-state index is 0.00191. The van der Waals surface area contributed by atoms with Crippen LogP contribution in [-0.4, -0.2) is 44.7 Å². The standard InChI is InChI=1S/C18H30N4O2/c1-13(2)17(23)20-9-10-21-18(19-5)22-12-15(4)24-16-8-6-7-14(3)11-16/h6-8,11,13,15H,9-10,12H2,1-5H3,(H,20,23)(H2,19,21,22). The molecule has 3 N–H and O–H groups in total. The molecule has 0 fully saturated rings. The van der Waals surface area contributed by atoms with Gasteiger partial charge in [-0.25, -0.2) is 0 Å². The quantitative estimate of drug-likeness (QED) is 0.384. The molecular weight excluding hydrogens is 304 g/mol. The van der Waals surface area contributed by atoms with Crippen molar-refractivity contribution in [3.63, 3.8) is 0 Å². The molecule has 0 aliphatic heterocycles. The summed E-state index contributed by atoms with van der Waals surface area (Å²) in [5, 5.41) is 9.23. The fraction of sp³-hybridized carbons (Fsp3) is 0.556. The van der Waals surface area contributed by atoms with Gasteiger partial charge in [-0.3, -0.25) is 9.79 Å². The Morgan fingerprint density at radius 1 is 1.17 bits per heavy atom. The molecule has 0 aliphatic carbocycles. The van der Waals surface area contributed by atoms with E-state index in [1.165, 1.54) is 5.56 Å². The molecule has 0 aliphatic rings. The average Bonchev–Trinajstić information content (AvgIpc) is 2.53. The molecule has 1 aromatic rings. The summed E-state index contributed by atoms with van der Waals surface area (Å²) in [6.07, 6.45) is 0.00555. The van der Waals surface area contributed by atoms with Crippen LogP contribution in [-0.2, 0) is 4.79 Å². The minimum absolute atomic E-state index is 0.00191. The molecule has 0 spiro atoms. The van der Waals surface area contributed by atoms with Gasteiger partial charge < -0.3 is 20.7 Å². The van der Waals surface area contributed by atoms with Gasteiger partial charge in [-0.05, 0) is 31.5 Å². The Morgan fingerprint density at radius 3 is 2.50 bits per heavy atom. The number of carbonyl (C=O) groups excluding carboxylic acids is 1. The van der Waals surface area contributed by atoms with Crippen molar-refractivity contribution in [2.75, 3.05) is 26.7 Å². The van der Waals surface area contributed by atoms with Gasteiger partial charge in [0.05, 0.1) is 6.54 Å². The third-order valence-corrected chi connectivity index (χ3v) is 3.35. The third-order valence-electron chi connectivity index (χ3n) is 3.35. The van der Waals surface area contributed by atoms with Crippen molar-refractivity contribution >= 4 is 11.9 Å². The van der Waals surface area contributed by atoms with Gasteiger partial charge in [0.25, 0.3) is 0 Å². The van der Waals surface area contributed by atoms with E-state index in [1.807, 2.05) is 52.0 Å². The zero-order chi connectivity index (χ0) is 17.9. The van der Waals surface area contributed by atoms with Gasteiger partial charge in [-0.1, -0.05) is 26.0 Å². The van der Waals surface area contributed by atoms with Gasteiger partial charge in [0.2, 0.25) is 5.91 Å². The molecule has 0 radical (unpaired) electrons. The molecule has 134 valence electrons. The van der Waals surface area contributed by atoms with Crippen molar-refractivity contribution in [1.82, 2.24) is 16.0 Å². The molecule has 1 rings (SSSR count). The largest absolute Gasteiger partial charge is 0.489 e. The number of benzene rings is 1. The Hall–Kier alpha value is -2.24. The van der Waals surface area contributed by atoms with E-state index in [1.54, 1.807) is 7.05 Å². The maximum Gasteiger partial charge on any atom is 0.222 e. The summed E-state index contributed by atoms with van der Waals surface area (Å²) in [5.74, 6) is 1.61. The van der Waals surface area contributed by atoms with Crippen LogP contribution >= 0.6 is 0 Å². The van der Waals surface area contributed by atoms with E-state index >= 15 is 0 Å². The Labute approximate surface area is 145 Å². The number of carbonyl (C=O) groups is 1. The number of guanidine groups is 1. The zero-order valence-electron chi connectivity index (χ0n) is 15.3. The summed E-state index contributed by atoms with van der Waals surface area (Å²) in [4.78, 5) is 15.6. The van der Waals surface area contributed by atoms with Gasteiger partial charge in [-0.15, -0.1) is 0 Å². The van der Waals surface area contributed by atoms with Gasteiger partial charge in [0.15, 0.2) is 5.96 Å². The number of hydrogen-bond acceptors (Lipinski definition) is 3. The first kappa shape index (κ1) is 19.8. The third kappa shape index (κ3) is 7.85. The fourth-order valence-electron chi connectivity index (χ4n) is 1.99. The van der Waals surface area contributed by atoms with Gasteiger partial charge in [-0.2, -0.15) is 0 Å². The van der Waals surface area contributed by atoms with E-state index in [0.29, 0.717) is 25.6 Å². The monoisotopic (exact) mass is 334 g/mol. The summed E-state index contributed by atoms with van der Waals surface area (Å²) in [7, 11) is 1.72. The molecule has 24 heavy (non-hydrogen) atoms. The van der Waals surface area contributed by atoms with Gasteiger partial charge >= 0.3 is 0 Å². The summed E-state index contributed by atoms with van der Waals surface area (Å²) in [6, 6.07) is 7.99. The number of rotatable bonds is 8. The zero-order valence-corrected chi connectivity index (χ0v) is 15.3. The maximum atomic E-state index is 11.5. The van der Waals surface area contributed by atoms with Crippen LogP contribution < -0.4 is 20.7 Å². The summed E-state index contributed by atoms with van der Waals surface area (Å²) in [6.45, 7) is 9.60. The number of aliphatic imine (C=N–C) groups is 1. The Kier molecular flexibility index (Phi) is 8.68. The number of nitrogens with zero attached hydrogens (tertiary/aromatic N) is 1. The Morgan fingerprint density at radius 2 is 1.88 bits per heavy atom. The van der Waals surface area contributed by atoms with E-state index in [2.05, 4.69) is 20.9 Å². The molecule has 6 heteroatoms. The second kappa shape index (κ2) is 10.5. The number of ether oxygens (including phenoxy) is 1. The normalized spacial score (nSPS) is 12.7. The molecule has 0 saturated carbocycles. The van der Waals surface area contributed by atoms with Crippen molar-refractivity contribution in [1.29, 1.82) is 0 Å². The first-order valence-electron chi connectivity index (χ1n) is 8.38. The van der Waals surface area contributed by atoms with Crippen molar-refractivity contribution in [2.45, 2.75) is 33.8 Å². The van der Waals surface area contributed by atoms with Crippen LogP contribution in [0.3, 0.4) is 0 Å². The van der Waals surface area contributed by atoms with Crippen LogP contribution in [0.5, 0.6) is 5.75 Å². The molecule has 0 bridgehead atoms. The predicted octanol–water partition coefficient (Wildman–Crippen LogP) is 1.70. The molecule has 0 heterocycles. The van der Waals surface area contributed by atoms with E-state index < -0.39 is 0 Å². The molecule has 1 unspecified atom stereocenters. The van der Waals surface area contributed by atoms with Crippen LogP contribution in [0.25, 0.3) is 0 Å². The molecule has 0 aromatic heterocycles. The highest BCUT2D eigenvalue weighted by Crippen LogP contribution is 2.13. The lowest BCUT2D eigenvalue weighted by Gasteiger charge is -2.18. The van der Waals surface area contributed by atoms with Crippen LogP contribution in [0.2, 0.25) is 0 Å². The van der Waals surface area contributed by atoms with Gasteiger partial charge in [0, 0.05) is 26.1 Å². The smallest absolute Gasteiger partial charge is 0.222 e. The highest BCUT2D eigenvalue weighted by Gasteiger charge is 2.07. The lowest BCUT2D eigenvalue weighted by atomic mass is 10.2. The summed E-state index contributed by atoms with van der Waals surface area (Å²) in [5.41, 5.74) is 1.17. The van der Waals surface area contributed by atoms with Crippen molar-refractivity contribution in [2.24, 2.45) is 10.9 Å². The lowest BCUT2D eigenvalue weighted by molar-refractivity contribution is -0.123. The van der Waals surface area contributed by atoms with E-state index in [0.717, 1.165) is 5.75 Å². The number of aryl methyl sites for hydroxylation is 1. The summed E-state index contributed by atoms with van der Waals surface area (Å²) >= 11 is 0. The van der Waals surface area contributed by atoms with Crippen LogP contribution in [0.4, 0.5) is 0 Å². The second-order valence-corrected chi connectivity index (χ2v) is 6.07. The second-order valence-electron chi connectivity index (χ2n) is 6.07. The molecule has 1 amide bonds. The van der Waals surface area contributed by atoms with E-state index in [4.69, 9.17) is 4.74 Å². The summed E-state index contributed by atoms with van der Waals surface area (Å²) < 4.78 is 5.87. The Bertz CT molecular complexity index is 544. The molecular formula is C18H30N4O2. The highest BCUT2D eigenvalue weighted by molar-refractivity contribution is 5.80. The number of hydrogen-bond donors (Lipinski definition) is 3. The van der Waals surface area contributed by atoms with E-state index in [-0.39, 0.29) is 17.9 Å². The molecule has 0 saturated heterocycles. The first-order valence-corrected chi connectivity index (χ1v) is 8.38. The fourth-order valence-corrected chi connectivity index (χ4v) is 1.99. The number of nitrogens with one attached hydrogen (secondary N) is 3. The van der Waals surface area contributed by atoms with Crippen LogP contribution in [0.15, 0.2) is 29.3 Å². The van der Waals surface area contributed by atoms with Crippen molar-refractivity contribution < 1.29 is 9.53 Å². The van der Waals surface area contributed by atoms with Crippen LogP contribution in [0.1, 0.15) is 26.3 Å². The van der Waals surface area contributed by atoms with Crippen LogP contribution in [0, 0.1) is 12.8 Å². The molecule has 1 atom stereocenters. The maximum absolute atomic E-state index is 11.5. The van der Waals surface area contributed by atoms with Crippen molar-refractivity contribution in [3.8, 4) is 5.75 Å².